The second kappa shape index (κ2) is 9.54. The molecule has 0 aromatic heterocycles. The van der Waals surface area contributed by atoms with E-state index in [0.29, 0.717) is 18.7 Å². The summed E-state index contributed by atoms with van der Waals surface area (Å²) < 4.78 is 13.1. The van der Waals surface area contributed by atoms with Gasteiger partial charge in [-0.2, -0.15) is 0 Å². The fourth-order valence-electron chi connectivity index (χ4n) is 3.75. The number of hydrogen-bond donors (Lipinski definition) is 2. The number of hydrogen-bond acceptors (Lipinski definition) is 2. The molecular weight excluding hydrogens is 369 g/mol. The van der Waals surface area contributed by atoms with Crippen LogP contribution in [0.1, 0.15) is 60.1 Å². The molecule has 1 aliphatic rings. The molecule has 2 aromatic rings. The quantitative estimate of drug-likeness (QED) is 0.793. The maximum Gasteiger partial charge on any atom is 0.317 e. The summed E-state index contributed by atoms with van der Waals surface area (Å²) in [7, 11) is 0. The Hall–Kier alpha value is -2.89. The van der Waals surface area contributed by atoms with E-state index in [2.05, 4.69) is 10.6 Å². The normalized spacial score (nSPS) is 17.5. The highest BCUT2D eigenvalue weighted by Gasteiger charge is 2.25. The lowest BCUT2D eigenvalue weighted by atomic mass is 9.89. The molecule has 1 aliphatic heterocycles. The molecule has 3 rings (SSSR count). The van der Waals surface area contributed by atoms with E-state index in [1.165, 1.54) is 12.1 Å². The van der Waals surface area contributed by atoms with Gasteiger partial charge in [0, 0.05) is 31.1 Å². The Labute approximate surface area is 171 Å². The van der Waals surface area contributed by atoms with Crippen molar-refractivity contribution >= 4 is 11.9 Å². The largest absolute Gasteiger partial charge is 0.346 e. The van der Waals surface area contributed by atoms with E-state index in [0.717, 1.165) is 30.5 Å². The number of carbonyl (C=O) groups is 2. The van der Waals surface area contributed by atoms with Gasteiger partial charge in [-0.1, -0.05) is 24.3 Å². The van der Waals surface area contributed by atoms with Crippen LogP contribution in [-0.2, 0) is 0 Å². The Morgan fingerprint density at radius 1 is 1.21 bits per heavy atom. The van der Waals surface area contributed by atoms with E-state index in [1.54, 1.807) is 18.2 Å². The zero-order valence-electron chi connectivity index (χ0n) is 17.0. The minimum absolute atomic E-state index is 0.0285. The number of likely N-dealkylation sites (tertiary alicyclic amines) is 1. The number of nitrogens with one attached hydrogen (secondary N) is 2. The van der Waals surface area contributed by atoms with Crippen molar-refractivity contribution in [3.05, 3.63) is 71.0 Å². The maximum atomic E-state index is 13.1. The second-order valence-electron chi connectivity index (χ2n) is 7.49. The molecule has 0 saturated carbocycles. The Balaban J connectivity index is 1.67. The lowest BCUT2D eigenvalue weighted by Gasteiger charge is -2.33. The highest BCUT2D eigenvalue weighted by molar-refractivity contribution is 5.94. The zero-order chi connectivity index (χ0) is 20.8. The van der Waals surface area contributed by atoms with Gasteiger partial charge in [-0.15, -0.1) is 0 Å². The fourth-order valence-corrected chi connectivity index (χ4v) is 3.75. The summed E-state index contributed by atoms with van der Waals surface area (Å²) in [5.41, 5.74) is 2.51. The molecule has 0 spiro atoms. The molecule has 2 unspecified atom stereocenters. The number of urea groups is 1. The van der Waals surface area contributed by atoms with Crippen LogP contribution in [0.5, 0.6) is 0 Å². The first-order chi connectivity index (χ1) is 14.0. The third-order valence-electron chi connectivity index (χ3n) is 5.37. The highest BCUT2D eigenvalue weighted by Crippen LogP contribution is 2.27. The Bertz CT molecular complexity index is 853. The summed E-state index contributed by atoms with van der Waals surface area (Å²) >= 11 is 0. The van der Waals surface area contributed by atoms with Crippen LogP contribution in [0.4, 0.5) is 9.18 Å². The maximum absolute atomic E-state index is 13.1. The number of nitrogens with zero attached hydrogens (tertiary/aromatic N) is 1. The molecule has 1 saturated heterocycles. The first-order valence-electron chi connectivity index (χ1n) is 10.2. The molecule has 29 heavy (non-hydrogen) atoms. The lowest BCUT2D eigenvalue weighted by molar-refractivity contribution is 0.0939. The van der Waals surface area contributed by atoms with Gasteiger partial charge in [0.25, 0.3) is 5.91 Å². The van der Waals surface area contributed by atoms with E-state index in [9.17, 15) is 14.0 Å². The number of carbonyl (C=O) groups excluding carboxylic acids is 2. The van der Waals surface area contributed by atoms with E-state index in [1.807, 2.05) is 36.9 Å². The van der Waals surface area contributed by atoms with Crippen LogP contribution in [0.25, 0.3) is 0 Å². The summed E-state index contributed by atoms with van der Waals surface area (Å²) in [6, 6.07) is 13.5. The van der Waals surface area contributed by atoms with Gasteiger partial charge in [-0.25, -0.2) is 9.18 Å². The van der Waals surface area contributed by atoms with Crippen molar-refractivity contribution in [2.24, 2.45) is 0 Å². The minimum Gasteiger partial charge on any atom is -0.346 e. The Kier molecular flexibility index (Phi) is 6.86. The first kappa shape index (κ1) is 20.8. The molecule has 2 N–H and O–H groups in total. The Morgan fingerprint density at radius 3 is 2.69 bits per heavy atom. The standard InChI is InChI=1S/C23H28FN3O2/c1-3-25-23(29)27-13-5-8-20(15-27)18-6-4-7-19(14-18)22(28)26-16(2)17-9-11-21(24)12-10-17/h4,6-7,9-12,14,16,20H,3,5,8,13,15H2,1-2H3,(H,25,29)(H,26,28). The van der Waals surface area contributed by atoms with E-state index >= 15 is 0 Å². The summed E-state index contributed by atoms with van der Waals surface area (Å²) in [5, 5.41) is 5.83. The smallest absolute Gasteiger partial charge is 0.317 e. The molecule has 154 valence electrons. The van der Waals surface area contributed by atoms with Crippen LogP contribution < -0.4 is 10.6 Å². The third-order valence-corrected chi connectivity index (χ3v) is 5.37. The molecule has 2 atom stereocenters. The van der Waals surface area contributed by atoms with Crippen LogP contribution >= 0.6 is 0 Å². The van der Waals surface area contributed by atoms with E-state index in [-0.39, 0.29) is 29.7 Å². The van der Waals surface area contributed by atoms with Gasteiger partial charge in [0.15, 0.2) is 0 Å². The monoisotopic (exact) mass is 397 g/mol. The van der Waals surface area contributed by atoms with Gasteiger partial charge < -0.3 is 15.5 Å². The molecule has 3 amide bonds. The number of halogens is 1. The number of benzene rings is 2. The van der Waals surface area contributed by atoms with Crippen molar-refractivity contribution in [1.29, 1.82) is 0 Å². The topological polar surface area (TPSA) is 61.4 Å². The molecule has 6 heteroatoms. The van der Waals surface area contributed by atoms with Gasteiger partial charge in [-0.05, 0) is 62.1 Å². The number of amides is 3. The van der Waals surface area contributed by atoms with Crippen LogP contribution in [0.2, 0.25) is 0 Å². The van der Waals surface area contributed by atoms with Crippen LogP contribution in [0.3, 0.4) is 0 Å². The SMILES string of the molecule is CCNC(=O)N1CCCC(c2cccc(C(=O)NC(C)c3ccc(F)cc3)c2)C1. The summed E-state index contributed by atoms with van der Waals surface area (Å²) in [6.45, 7) is 5.82. The van der Waals surface area contributed by atoms with Gasteiger partial charge in [0.05, 0.1) is 6.04 Å². The predicted octanol–water partition coefficient (Wildman–Crippen LogP) is 4.23. The second-order valence-corrected chi connectivity index (χ2v) is 7.49. The van der Waals surface area contributed by atoms with Crippen molar-refractivity contribution in [2.45, 2.75) is 38.6 Å². The van der Waals surface area contributed by atoms with E-state index < -0.39 is 0 Å². The first-order valence-corrected chi connectivity index (χ1v) is 10.2. The Morgan fingerprint density at radius 2 is 1.97 bits per heavy atom. The van der Waals surface area contributed by atoms with Crippen molar-refractivity contribution in [1.82, 2.24) is 15.5 Å². The van der Waals surface area contributed by atoms with Crippen LogP contribution in [0.15, 0.2) is 48.5 Å². The number of piperidine rings is 1. The van der Waals surface area contributed by atoms with Crippen molar-refractivity contribution in [2.75, 3.05) is 19.6 Å². The molecule has 1 heterocycles. The molecular formula is C23H28FN3O2. The molecule has 0 radical (unpaired) electrons. The highest BCUT2D eigenvalue weighted by atomic mass is 19.1. The van der Waals surface area contributed by atoms with Gasteiger partial charge in [0.1, 0.15) is 5.82 Å². The summed E-state index contributed by atoms with van der Waals surface area (Å²) in [5.74, 6) is -0.247. The average molecular weight is 397 g/mol. The van der Waals surface area contributed by atoms with Gasteiger partial charge in [-0.3, -0.25) is 4.79 Å². The van der Waals surface area contributed by atoms with Crippen molar-refractivity contribution in [3.63, 3.8) is 0 Å². The minimum atomic E-state index is -0.297. The number of rotatable bonds is 5. The molecule has 0 aliphatic carbocycles. The third kappa shape index (κ3) is 5.34. The molecule has 2 aromatic carbocycles. The van der Waals surface area contributed by atoms with Crippen molar-refractivity contribution in [3.8, 4) is 0 Å². The fraction of sp³-hybridized carbons (Fsp3) is 0.391. The lowest BCUT2D eigenvalue weighted by Crippen LogP contribution is -2.44. The van der Waals surface area contributed by atoms with Gasteiger partial charge in [0.2, 0.25) is 0 Å². The van der Waals surface area contributed by atoms with Crippen LogP contribution in [0, 0.1) is 5.82 Å². The molecule has 1 fully saturated rings. The molecule has 0 bridgehead atoms. The molecule has 5 nitrogen and oxygen atoms in total. The van der Waals surface area contributed by atoms with Crippen LogP contribution in [-0.4, -0.2) is 36.5 Å². The van der Waals surface area contributed by atoms with Crippen molar-refractivity contribution < 1.29 is 14.0 Å². The summed E-state index contributed by atoms with van der Waals surface area (Å²) in [4.78, 5) is 26.7. The predicted molar refractivity (Wildman–Crippen MR) is 111 cm³/mol. The summed E-state index contributed by atoms with van der Waals surface area (Å²) in [6.07, 6.45) is 1.94. The van der Waals surface area contributed by atoms with Gasteiger partial charge >= 0.3 is 6.03 Å². The average Bonchev–Trinajstić information content (AvgIpc) is 2.74. The zero-order valence-corrected chi connectivity index (χ0v) is 17.0. The van der Waals surface area contributed by atoms with E-state index in [4.69, 9.17) is 0 Å².